The molecule has 4 nitrogen and oxygen atoms in total. The van der Waals surface area contributed by atoms with Crippen LogP contribution in [0, 0.1) is 5.92 Å². The Morgan fingerprint density at radius 3 is 3.00 bits per heavy atom. The Kier molecular flexibility index (Phi) is 1.60. The van der Waals surface area contributed by atoms with Gasteiger partial charge in [0.25, 0.3) is 0 Å². The van der Waals surface area contributed by atoms with Gasteiger partial charge in [-0.15, -0.1) is 0 Å². The predicted molar refractivity (Wildman–Crippen MR) is 39.9 cm³/mol. The summed E-state index contributed by atoms with van der Waals surface area (Å²) in [5.41, 5.74) is 0. The smallest absolute Gasteiger partial charge is 0.373 e. The molecule has 1 fully saturated rings. The van der Waals surface area contributed by atoms with Crippen molar-refractivity contribution in [3.05, 3.63) is 17.8 Å². The van der Waals surface area contributed by atoms with Gasteiger partial charge in [-0.25, -0.2) is 9.78 Å². The fourth-order valence-corrected chi connectivity index (χ4v) is 1.07. The van der Waals surface area contributed by atoms with E-state index in [0.29, 0.717) is 11.8 Å². The Hall–Kier alpha value is -1.32. The molecule has 1 aliphatic carbocycles. The van der Waals surface area contributed by atoms with Gasteiger partial charge in [0.2, 0.25) is 5.76 Å². The lowest BCUT2D eigenvalue weighted by Crippen LogP contribution is -1.92. The lowest BCUT2D eigenvalue weighted by molar-refractivity contribution is 0.0660. The first-order valence-corrected chi connectivity index (χ1v) is 3.93. The summed E-state index contributed by atoms with van der Waals surface area (Å²) >= 11 is 0. The zero-order valence-corrected chi connectivity index (χ0v) is 6.49. The summed E-state index contributed by atoms with van der Waals surface area (Å²) in [7, 11) is 0. The van der Waals surface area contributed by atoms with E-state index < -0.39 is 5.97 Å². The molecule has 1 aromatic rings. The first kappa shape index (κ1) is 7.34. The van der Waals surface area contributed by atoms with Crippen LogP contribution in [0.1, 0.15) is 29.3 Å². The quantitative estimate of drug-likeness (QED) is 0.737. The Morgan fingerprint density at radius 1 is 1.75 bits per heavy atom. The van der Waals surface area contributed by atoms with E-state index in [1.807, 2.05) is 0 Å². The molecular formula is C8H9NO3. The van der Waals surface area contributed by atoms with Crippen LogP contribution in [-0.4, -0.2) is 16.1 Å². The van der Waals surface area contributed by atoms with Crippen LogP contribution in [-0.2, 0) is 6.42 Å². The zero-order chi connectivity index (χ0) is 8.55. The van der Waals surface area contributed by atoms with Crippen LogP contribution >= 0.6 is 0 Å². The van der Waals surface area contributed by atoms with Crippen molar-refractivity contribution in [3.63, 3.8) is 0 Å². The molecule has 2 rings (SSSR count). The van der Waals surface area contributed by atoms with E-state index in [1.165, 1.54) is 19.0 Å². The molecule has 0 spiro atoms. The third-order valence-corrected chi connectivity index (χ3v) is 1.92. The minimum absolute atomic E-state index is 0.0642. The van der Waals surface area contributed by atoms with Crippen LogP contribution in [0.4, 0.5) is 0 Å². The molecule has 12 heavy (non-hydrogen) atoms. The second-order valence-corrected chi connectivity index (χ2v) is 3.07. The summed E-state index contributed by atoms with van der Waals surface area (Å²) in [5.74, 6) is 0.107. The Bertz CT molecular complexity index is 301. The Balaban J connectivity index is 2.06. The van der Waals surface area contributed by atoms with Gasteiger partial charge in [0.05, 0.1) is 6.20 Å². The highest BCUT2D eigenvalue weighted by Gasteiger charge is 2.24. The first-order valence-electron chi connectivity index (χ1n) is 3.93. The van der Waals surface area contributed by atoms with E-state index in [0.717, 1.165) is 6.42 Å². The zero-order valence-electron chi connectivity index (χ0n) is 6.49. The molecular weight excluding hydrogens is 158 g/mol. The van der Waals surface area contributed by atoms with Crippen molar-refractivity contribution in [3.8, 4) is 0 Å². The number of hydrogen-bond acceptors (Lipinski definition) is 3. The summed E-state index contributed by atoms with van der Waals surface area (Å²) < 4.78 is 4.99. The maximum Gasteiger partial charge on any atom is 0.373 e. The summed E-state index contributed by atoms with van der Waals surface area (Å²) in [6, 6.07) is 0. The van der Waals surface area contributed by atoms with Crippen molar-refractivity contribution < 1.29 is 14.3 Å². The minimum atomic E-state index is -1.05. The average Bonchev–Trinajstić information content (AvgIpc) is 2.66. The molecule has 1 aromatic heterocycles. The van der Waals surface area contributed by atoms with Crippen LogP contribution in [0.15, 0.2) is 10.6 Å². The number of aromatic nitrogens is 1. The molecule has 0 amide bonds. The van der Waals surface area contributed by atoms with Gasteiger partial charge in [0, 0.05) is 6.42 Å². The molecule has 1 aliphatic rings. The first-order chi connectivity index (χ1) is 5.75. The number of hydrogen-bond donors (Lipinski definition) is 1. The third kappa shape index (κ3) is 1.47. The molecule has 64 valence electrons. The van der Waals surface area contributed by atoms with Crippen molar-refractivity contribution in [1.29, 1.82) is 0 Å². The summed E-state index contributed by atoms with van der Waals surface area (Å²) in [5, 5.41) is 8.51. The van der Waals surface area contributed by atoms with Gasteiger partial charge >= 0.3 is 5.97 Å². The SMILES string of the molecule is O=C(O)c1cnc(CC2CC2)o1. The van der Waals surface area contributed by atoms with Crippen LogP contribution in [0.2, 0.25) is 0 Å². The summed E-state index contributed by atoms with van der Waals surface area (Å²) in [4.78, 5) is 14.3. The fourth-order valence-electron chi connectivity index (χ4n) is 1.07. The monoisotopic (exact) mass is 167 g/mol. The molecule has 0 aromatic carbocycles. The summed E-state index contributed by atoms with van der Waals surface area (Å²) in [6.45, 7) is 0. The molecule has 1 heterocycles. The van der Waals surface area contributed by atoms with E-state index in [1.54, 1.807) is 0 Å². The van der Waals surface area contributed by atoms with E-state index in [4.69, 9.17) is 9.52 Å². The number of aromatic carboxylic acids is 1. The van der Waals surface area contributed by atoms with Crippen molar-refractivity contribution >= 4 is 5.97 Å². The van der Waals surface area contributed by atoms with Gasteiger partial charge < -0.3 is 9.52 Å². The standard InChI is InChI=1S/C8H9NO3/c10-8(11)6-4-9-7(12-6)3-5-1-2-5/h4-5H,1-3H2,(H,10,11). The van der Waals surface area contributed by atoms with Crippen molar-refractivity contribution in [2.75, 3.05) is 0 Å². The van der Waals surface area contributed by atoms with Gasteiger partial charge in [-0.3, -0.25) is 0 Å². The maximum atomic E-state index is 10.4. The van der Waals surface area contributed by atoms with Gasteiger partial charge in [-0.05, 0) is 18.8 Å². The lowest BCUT2D eigenvalue weighted by atomic mass is 10.3. The predicted octanol–water partition coefficient (Wildman–Crippen LogP) is 1.33. The molecule has 0 atom stereocenters. The van der Waals surface area contributed by atoms with Crippen LogP contribution in [0.25, 0.3) is 0 Å². The molecule has 4 heteroatoms. The molecule has 0 bridgehead atoms. The highest BCUT2D eigenvalue weighted by molar-refractivity contribution is 5.83. The maximum absolute atomic E-state index is 10.4. The number of carboxylic acid groups (broad SMARTS) is 1. The van der Waals surface area contributed by atoms with Gasteiger partial charge in [0.1, 0.15) is 0 Å². The second-order valence-electron chi connectivity index (χ2n) is 3.07. The molecule has 1 saturated carbocycles. The largest absolute Gasteiger partial charge is 0.475 e. The Morgan fingerprint density at radius 2 is 2.50 bits per heavy atom. The average molecular weight is 167 g/mol. The number of rotatable bonds is 3. The van der Waals surface area contributed by atoms with E-state index >= 15 is 0 Å². The van der Waals surface area contributed by atoms with E-state index in [-0.39, 0.29) is 5.76 Å². The molecule has 0 radical (unpaired) electrons. The lowest BCUT2D eigenvalue weighted by Gasteiger charge is -1.88. The van der Waals surface area contributed by atoms with Crippen LogP contribution in [0.5, 0.6) is 0 Å². The van der Waals surface area contributed by atoms with Gasteiger partial charge in [-0.2, -0.15) is 0 Å². The van der Waals surface area contributed by atoms with Crippen LogP contribution in [0.3, 0.4) is 0 Å². The fraction of sp³-hybridized carbons (Fsp3) is 0.500. The van der Waals surface area contributed by atoms with Crippen molar-refractivity contribution in [1.82, 2.24) is 4.98 Å². The van der Waals surface area contributed by atoms with Crippen molar-refractivity contribution in [2.45, 2.75) is 19.3 Å². The minimum Gasteiger partial charge on any atom is -0.475 e. The second kappa shape index (κ2) is 2.62. The number of nitrogens with zero attached hydrogens (tertiary/aromatic N) is 1. The number of oxazole rings is 1. The number of carboxylic acids is 1. The Labute approximate surface area is 69.2 Å². The van der Waals surface area contributed by atoms with E-state index in [9.17, 15) is 4.79 Å². The molecule has 1 N–H and O–H groups in total. The van der Waals surface area contributed by atoms with Gasteiger partial charge in [-0.1, -0.05) is 0 Å². The molecule has 0 unspecified atom stereocenters. The molecule has 0 aliphatic heterocycles. The van der Waals surface area contributed by atoms with Crippen molar-refractivity contribution in [2.24, 2.45) is 5.92 Å². The highest BCUT2D eigenvalue weighted by atomic mass is 16.4. The topological polar surface area (TPSA) is 63.3 Å². The van der Waals surface area contributed by atoms with Gasteiger partial charge in [0.15, 0.2) is 5.89 Å². The third-order valence-electron chi connectivity index (χ3n) is 1.92. The number of carbonyl (C=O) groups is 1. The normalized spacial score (nSPS) is 16.3. The highest BCUT2D eigenvalue weighted by Crippen LogP contribution is 2.32. The summed E-state index contributed by atoms with van der Waals surface area (Å²) in [6.07, 6.45) is 4.48. The van der Waals surface area contributed by atoms with Crippen LogP contribution < -0.4 is 0 Å². The molecule has 0 saturated heterocycles. The van der Waals surface area contributed by atoms with E-state index in [2.05, 4.69) is 4.98 Å².